The van der Waals surface area contributed by atoms with Crippen LogP contribution >= 0.6 is 0 Å². The monoisotopic (exact) mass is 246 g/mol. The predicted octanol–water partition coefficient (Wildman–Crippen LogP) is 0.233. The Bertz CT molecular complexity index is 340. The maximum Gasteiger partial charge on any atom is 0.151 e. The van der Waals surface area contributed by atoms with Crippen molar-refractivity contribution in [1.82, 2.24) is 4.90 Å². The molecule has 3 unspecified atom stereocenters. The van der Waals surface area contributed by atoms with Crippen LogP contribution in [0.1, 0.15) is 26.2 Å². The molecule has 0 amide bonds. The van der Waals surface area contributed by atoms with E-state index >= 15 is 0 Å². The molecule has 94 valence electrons. The zero-order valence-corrected chi connectivity index (χ0v) is 10.7. The van der Waals surface area contributed by atoms with Crippen molar-refractivity contribution in [2.45, 2.75) is 38.3 Å². The number of sulfone groups is 1. The Labute approximate surface area is 98.1 Å². The largest absolute Gasteiger partial charge is 0.328 e. The normalized spacial score (nSPS) is 37.4. The molecule has 0 aromatic heterocycles. The number of likely N-dealkylation sites (tertiary alicyclic amines) is 1. The molecule has 5 heteroatoms. The minimum Gasteiger partial charge on any atom is -0.328 e. The third kappa shape index (κ3) is 2.76. The summed E-state index contributed by atoms with van der Waals surface area (Å²) < 4.78 is 23.2. The lowest BCUT2D eigenvalue weighted by molar-refractivity contribution is 0.230. The van der Waals surface area contributed by atoms with Crippen molar-refractivity contribution in [1.29, 1.82) is 0 Å². The number of hydrogen-bond acceptors (Lipinski definition) is 4. The van der Waals surface area contributed by atoms with E-state index in [2.05, 4.69) is 4.90 Å². The SMILES string of the molecule is CC(N)C1CCN(C2CCCS(=O)(=O)C2)C1. The molecule has 2 heterocycles. The van der Waals surface area contributed by atoms with Crippen LogP contribution in [-0.4, -0.2) is 50.0 Å². The van der Waals surface area contributed by atoms with E-state index in [0.717, 1.165) is 32.4 Å². The molecule has 2 N–H and O–H groups in total. The maximum atomic E-state index is 11.6. The fourth-order valence-electron chi connectivity index (χ4n) is 2.86. The van der Waals surface area contributed by atoms with Gasteiger partial charge in [0.1, 0.15) is 0 Å². The second-order valence-corrected chi connectivity index (χ2v) is 7.54. The second-order valence-electron chi connectivity index (χ2n) is 5.31. The Balaban J connectivity index is 1.94. The molecule has 0 bridgehead atoms. The molecule has 0 radical (unpaired) electrons. The first-order chi connectivity index (χ1) is 7.48. The van der Waals surface area contributed by atoms with E-state index in [1.165, 1.54) is 0 Å². The molecule has 2 saturated heterocycles. The molecule has 4 nitrogen and oxygen atoms in total. The van der Waals surface area contributed by atoms with Gasteiger partial charge in [0.15, 0.2) is 9.84 Å². The van der Waals surface area contributed by atoms with Crippen molar-refractivity contribution < 1.29 is 8.42 Å². The maximum absolute atomic E-state index is 11.6. The summed E-state index contributed by atoms with van der Waals surface area (Å²) in [5.41, 5.74) is 5.90. The Morgan fingerprint density at radius 1 is 1.38 bits per heavy atom. The molecule has 0 aromatic carbocycles. The summed E-state index contributed by atoms with van der Waals surface area (Å²) in [6, 6.07) is 0.479. The molecular formula is C11H22N2O2S. The third-order valence-electron chi connectivity index (χ3n) is 3.96. The van der Waals surface area contributed by atoms with Crippen LogP contribution in [0.25, 0.3) is 0 Å². The lowest BCUT2D eigenvalue weighted by atomic mass is 10.0. The number of nitrogens with two attached hydrogens (primary N) is 1. The van der Waals surface area contributed by atoms with Gasteiger partial charge in [-0.05, 0) is 38.6 Å². The van der Waals surface area contributed by atoms with Gasteiger partial charge in [0, 0.05) is 18.6 Å². The minimum absolute atomic E-state index is 0.227. The minimum atomic E-state index is -2.78. The molecule has 2 fully saturated rings. The number of rotatable bonds is 2. The van der Waals surface area contributed by atoms with Gasteiger partial charge >= 0.3 is 0 Å². The molecule has 0 aromatic rings. The average molecular weight is 246 g/mol. The van der Waals surface area contributed by atoms with E-state index in [-0.39, 0.29) is 12.1 Å². The molecule has 3 atom stereocenters. The summed E-state index contributed by atoms with van der Waals surface area (Å²) in [6.45, 7) is 4.05. The summed E-state index contributed by atoms with van der Waals surface area (Å²) in [7, 11) is -2.78. The Kier molecular flexibility index (Phi) is 3.56. The molecule has 0 saturated carbocycles. The highest BCUT2D eigenvalue weighted by Gasteiger charge is 2.34. The molecule has 16 heavy (non-hydrogen) atoms. The van der Waals surface area contributed by atoms with Crippen molar-refractivity contribution in [3.63, 3.8) is 0 Å². The first-order valence-electron chi connectivity index (χ1n) is 6.18. The smallest absolute Gasteiger partial charge is 0.151 e. The van der Waals surface area contributed by atoms with Gasteiger partial charge in [-0.3, -0.25) is 4.90 Å². The molecule has 0 spiro atoms. The lowest BCUT2D eigenvalue weighted by Gasteiger charge is -2.31. The summed E-state index contributed by atoms with van der Waals surface area (Å²) in [4.78, 5) is 2.34. The van der Waals surface area contributed by atoms with Crippen LogP contribution in [0.5, 0.6) is 0 Å². The van der Waals surface area contributed by atoms with Gasteiger partial charge in [-0.2, -0.15) is 0 Å². The highest BCUT2D eigenvalue weighted by Crippen LogP contribution is 2.25. The van der Waals surface area contributed by atoms with Gasteiger partial charge in [-0.25, -0.2) is 8.42 Å². The van der Waals surface area contributed by atoms with E-state index < -0.39 is 9.84 Å². The van der Waals surface area contributed by atoms with Gasteiger partial charge in [-0.15, -0.1) is 0 Å². The fraction of sp³-hybridized carbons (Fsp3) is 1.00. The third-order valence-corrected chi connectivity index (χ3v) is 5.76. The zero-order chi connectivity index (χ0) is 11.8. The van der Waals surface area contributed by atoms with Gasteiger partial charge in [0.05, 0.1) is 11.5 Å². The van der Waals surface area contributed by atoms with E-state index in [4.69, 9.17) is 5.73 Å². The topological polar surface area (TPSA) is 63.4 Å². The van der Waals surface area contributed by atoms with Crippen LogP contribution in [-0.2, 0) is 9.84 Å². The van der Waals surface area contributed by atoms with Gasteiger partial charge in [0.25, 0.3) is 0 Å². The van der Waals surface area contributed by atoms with E-state index in [0.29, 0.717) is 17.4 Å². The van der Waals surface area contributed by atoms with Crippen LogP contribution in [0.3, 0.4) is 0 Å². The molecular weight excluding hydrogens is 224 g/mol. The quantitative estimate of drug-likeness (QED) is 0.758. The van der Waals surface area contributed by atoms with E-state index in [1.807, 2.05) is 6.92 Å². The Morgan fingerprint density at radius 3 is 2.69 bits per heavy atom. The summed E-state index contributed by atoms with van der Waals surface area (Å²) in [5, 5.41) is 0. The Hall–Kier alpha value is -0.130. The van der Waals surface area contributed by atoms with Crippen molar-refractivity contribution in [3.8, 4) is 0 Å². The van der Waals surface area contributed by atoms with Gasteiger partial charge in [-0.1, -0.05) is 0 Å². The fourth-order valence-corrected chi connectivity index (χ4v) is 4.60. The number of hydrogen-bond donors (Lipinski definition) is 1. The van der Waals surface area contributed by atoms with E-state index in [1.54, 1.807) is 0 Å². The highest BCUT2D eigenvalue weighted by atomic mass is 32.2. The summed E-state index contributed by atoms with van der Waals surface area (Å²) >= 11 is 0. The van der Waals surface area contributed by atoms with Gasteiger partial charge < -0.3 is 5.73 Å². The molecule has 0 aliphatic carbocycles. The molecule has 2 aliphatic rings. The Morgan fingerprint density at radius 2 is 2.12 bits per heavy atom. The van der Waals surface area contributed by atoms with Crippen molar-refractivity contribution in [2.75, 3.05) is 24.6 Å². The van der Waals surface area contributed by atoms with Crippen LogP contribution < -0.4 is 5.73 Å². The van der Waals surface area contributed by atoms with Crippen LogP contribution in [0.4, 0.5) is 0 Å². The summed E-state index contributed by atoms with van der Waals surface area (Å²) in [5.74, 6) is 1.29. The summed E-state index contributed by atoms with van der Waals surface area (Å²) in [6.07, 6.45) is 2.98. The van der Waals surface area contributed by atoms with Crippen LogP contribution in [0, 0.1) is 5.92 Å². The zero-order valence-electron chi connectivity index (χ0n) is 9.93. The number of nitrogens with zero attached hydrogens (tertiary/aromatic N) is 1. The van der Waals surface area contributed by atoms with Crippen molar-refractivity contribution in [3.05, 3.63) is 0 Å². The second kappa shape index (κ2) is 4.63. The van der Waals surface area contributed by atoms with Crippen LogP contribution in [0.15, 0.2) is 0 Å². The highest BCUT2D eigenvalue weighted by molar-refractivity contribution is 7.91. The van der Waals surface area contributed by atoms with Crippen molar-refractivity contribution in [2.24, 2.45) is 11.7 Å². The van der Waals surface area contributed by atoms with Crippen LogP contribution in [0.2, 0.25) is 0 Å². The lowest BCUT2D eigenvalue weighted by Crippen LogP contribution is -2.43. The standard InChI is InChI=1S/C11H22N2O2S/c1-9(12)10-4-5-13(7-10)11-3-2-6-16(14,15)8-11/h9-11H,2-8,12H2,1H3. The first-order valence-corrected chi connectivity index (χ1v) is 8.00. The molecule has 2 aliphatic heterocycles. The molecule has 2 rings (SSSR count). The first kappa shape index (κ1) is 12.3. The van der Waals surface area contributed by atoms with E-state index in [9.17, 15) is 8.42 Å². The van der Waals surface area contributed by atoms with Crippen molar-refractivity contribution >= 4 is 9.84 Å². The average Bonchev–Trinajstić information content (AvgIpc) is 2.64. The predicted molar refractivity (Wildman–Crippen MR) is 65.0 cm³/mol. The van der Waals surface area contributed by atoms with Gasteiger partial charge in [0.2, 0.25) is 0 Å².